The third-order valence-corrected chi connectivity index (χ3v) is 4.34. The molecule has 0 radical (unpaired) electrons. The molecule has 4 rings (SSSR count). The maximum absolute atomic E-state index is 12.7. The van der Waals surface area contributed by atoms with E-state index in [1.807, 2.05) is 36.5 Å². The van der Waals surface area contributed by atoms with Gasteiger partial charge in [0, 0.05) is 32.3 Å². The van der Waals surface area contributed by atoms with Crippen molar-refractivity contribution in [3.8, 4) is 0 Å². The number of aromatic nitrogens is 2. The smallest absolute Gasteiger partial charge is 0.289 e. The number of hydrogen-bond acceptors (Lipinski definition) is 3. The minimum Gasteiger partial charge on any atom is -0.459 e. The number of carbonyl (C=O) groups is 1. The molecule has 3 aromatic rings. The second-order valence-corrected chi connectivity index (χ2v) is 5.86. The van der Waals surface area contributed by atoms with Gasteiger partial charge in [0.05, 0.1) is 12.5 Å². The van der Waals surface area contributed by atoms with E-state index < -0.39 is 0 Å². The predicted molar refractivity (Wildman–Crippen MR) is 84.9 cm³/mol. The molecule has 1 aromatic carbocycles. The van der Waals surface area contributed by atoms with Gasteiger partial charge in [0.1, 0.15) is 0 Å². The second-order valence-electron chi connectivity index (χ2n) is 5.86. The Hall–Kier alpha value is -2.82. The SMILES string of the molecule is Cn1cc(C2CN(C(=O)c3ccco3)Cc3ccccc32)cn1. The van der Waals surface area contributed by atoms with E-state index in [4.69, 9.17) is 4.42 Å². The summed E-state index contributed by atoms with van der Waals surface area (Å²) in [5.41, 5.74) is 3.56. The van der Waals surface area contributed by atoms with Crippen LogP contribution in [0, 0.1) is 0 Å². The molecule has 2 aromatic heterocycles. The Balaban J connectivity index is 1.72. The zero-order valence-corrected chi connectivity index (χ0v) is 12.8. The Kier molecular flexibility index (Phi) is 3.26. The molecule has 1 amide bonds. The average molecular weight is 307 g/mol. The largest absolute Gasteiger partial charge is 0.459 e. The van der Waals surface area contributed by atoms with Crippen LogP contribution in [0.3, 0.4) is 0 Å². The lowest BCUT2D eigenvalue weighted by atomic mass is 9.86. The number of hydrogen-bond donors (Lipinski definition) is 0. The standard InChI is InChI=1S/C18H17N3O2/c1-20-10-14(9-19-20)16-12-21(18(22)17-7-4-8-23-17)11-13-5-2-3-6-15(13)16/h2-10,16H,11-12H2,1H3. The molecule has 5 nitrogen and oxygen atoms in total. The van der Waals surface area contributed by atoms with Crippen LogP contribution in [0.1, 0.15) is 33.2 Å². The number of fused-ring (bicyclic) bond motifs is 1. The van der Waals surface area contributed by atoms with Gasteiger partial charge in [0.2, 0.25) is 0 Å². The summed E-state index contributed by atoms with van der Waals surface area (Å²) in [5.74, 6) is 0.445. The third kappa shape index (κ3) is 2.44. The number of aryl methyl sites for hydroxylation is 1. The van der Waals surface area contributed by atoms with E-state index in [-0.39, 0.29) is 11.8 Å². The van der Waals surface area contributed by atoms with Gasteiger partial charge in [0.25, 0.3) is 5.91 Å². The molecule has 0 fully saturated rings. The summed E-state index contributed by atoms with van der Waals surface area (Å²) in [6, 6.07) is 11.7. The Labute approximate surface area is 134 Å². The molecule has 0 N–H and O–H groups in total. The van der Waals surface area contributed by atoms with Crippen molar-refractivity contribution in [3.63, 3.8) is 0 Å². The summed E-state index contributed by atoms with van der Waals surface area (Å²) in [6.45, 7) is 1.23. The molecule has 0 saturated carbocycles. The molecule has 1 atom stereocenters. The van der Waals surface area contributed by atoms with Crippen LogP contribution in [0.15, 0.2) is 59.5 Å². The van der Waals surface area contributed by atoms with Crippen LogP contribution in [0.25, 0.3) is 0 Å². The molecule has 0 spiro atoms. The first-order chi connectivity index (χ1) is 11.2. The highest BCUT2D eigenvalue weighted by atomic mass is 16.3. The highest BCUT2D eigenvalue weighted by molar-refractivity contribution is 5.91. The summed E-state index contributed by atoms with van der Waals surface area (Å²) in [7, 11) is 1.91. The maximum Gasteiger partial charge on any atom is 0.289 e. The zero-order valence-electron chi connectivity index (χ0n) is 12.8. The summed E-state index contributed by atoms with van der Waals surface area (Å²) in [4.78, 5) is 14.5. The van der Waals surface area contributed by atoms with Gasteiger partial charge in [-0.1, -0.05) is 24.3 Å². The van der Waals surface area contributed by atoms with Gasteiger partial charge in [-0.05, 0) is 28.8 Å². The fourth-order valence-corrected chi connectivity index (χ4v) is 3.22. The summed E-state index contributed by atoms with van der Waals surface area (Å²) >= 11 is 0. The lowest BCUT2D eigenvalue weighted by Gasteiger charge is -2.34. The Morgan fingerprint density at radius 2 is 2.13 bits per heavy atom. The zero-order chi connectivity index (χ0) is 15.8. The Bertz CT molecular complexity index is 836. The van der Waals surface area contributed by atoms with Crippen LogP contribution in [0.5, 0.6) is 0 Å². The van der Waals surface area contributed by atoms with Crippen molar-refractivity contribution < 1.29 is 9.21 Å². The Morgan fingerprint density at radius 1 is 1.26 bits per heavy atom. The molecule has 0 aliphatic carbocycles. The minimum atomic E-state index is -0.0709. The first-order valence-electron chi connectivity index (χ1n) is 7.61. The van der Waals surface area contributed by atoms with Gasteiger partial charge < -0.3 is 9.32 Å². The molecule has 1 aliphatic heterocycles. The van der Waals surface area contributed by atoms with E-state index in [2.05, 4.69) is 17.2 Å². The molecular formula is C18H17N3O2. The van der Waals surface area contributed by atoms with E-state index >= 15 is 0 Å². The monoisotopic (exact) mass is 307 g/mol. The van der Waals surface area contributed by atoms with Gasteiger partial charge in [-0.15, -0.1) is 0 Å². The maximum atomic E-state index is 12.7. The number of carbonyl (C=O) groups excluding carboxylic acids is 1. The number of amides is 1. The van der Waals surface area contributed by atoms with Crippen molar-refractivity contribution in [1.29, 1.82) is 0 Å². The third-order valence-electron chi connectivity index (χ3n) is 4.34. The van der Waals surface area contributed by atoms with Gasteiger partial charge in [-0.25, -0.2) is 0 Å². The lowest BCUT2D eigenvalue weighted by molar-refractivity contribution is 0.0692. The fraction of sp³-hybridized carbons (Fsp3) is 0.222. The van der Waals surface area contributed by atoms with E-state index in [0.717, 1.165) is 5.56 Å². The molecular weight excluding hydrogens is 290 g/mol. The molecule has 1 unspecified atom stereocenters. The summed E-state index contributed by atoms with van der Waals surface area (Å²) < 4.78 is 7.07. The van der Waals surface area contributed by atoms with Gasteiger partial charge in [-0.3, -0.25) is 9.48 Å². The fourth-order valence-electron chi connectivity index (χ4n) is 3.22. The quantitative estimate of drug-likeness (QED) is 0.731. The number of nitrogens with zero attached hydrogens (tertiary/aromatic N) is 3. The van der Waals surface area contributed by atoms with Crippen LogP contribution in [-0.4, -0.2) is 27.1 Å². The molecule has 116 valence electrons. The summed E-state index contributed by atoms with van der Waals surface area (Å²) in [5, 5.41) is 4.28. The van der Waals surface area contributed by atoms with Gasteiger partial charge >= 0.3 is 0 Å². The van der Waals surface area contributed by atoms with E-state index in [0.29, 0.717) is 18.8 Å². The highest BCUT2D eigenvalue weighted by Crippen LogP contribution is 2.33. The van der Waals surface area contributed by atoms with Crippen molar-refractivity contribution in [1.82, 2.24) is 14.7 Å². The number of benzene rings is 1. The second kappa shape index (κ2) is 5.43. The molecule has 5 heteroatoms. The van der Waals surface area contributed by atoms with E-state index in [1.165, 1.54) is 17.4 Å². The van der Waals surface area contributed by atoms with E-state index in [1.54, 1.807) is 16.8 Å². The molecule has 23 heavy (non-hydrogen) atoms. The van der Waals surface area contributed by atoms with E-state index in [9.17, 15) is 4.79 Å². The molecule has 0 bridgehead atoms. The minimum absolute atomic E-state index is 0.0709. The molecule has 0 saturated heterocycles. The van der Waals surface area contributed by atoms with Crippen molar-refractivity contribution in [2.75, 3.05) is 6.54 Å². The van der Waals surface area contributed by atoms with Crippen LogP contribution >= 0.6 is 0 Å². The topological polar surface area (TPSA) is 51.3 Å². The van der Waals surface area contributed by atoms with Crippen LogP contribution < -0.4 is 0 Å². The molecule has 3 heterocycles. The highest BCUT2D eigenvalue weighted by Gasteiger charge is 2.31. The first-order valence-corrected chi connectivity index (χ1v) is 7.61. The number of rotatable bonds is 2. The lowest BCUT2D eigenvalue weighted by Crippen LogP contribution is -2.38. The van der Waals surface area contributed by atoms with Crippen molar-refractivity contribution in [2.45, 2.75) is 12.5 Å². The van der Waals surface area contributed by atoms with Crippen molar-refractivity contribution in [3.05, 3.63) is 77.5 Å². The van der Waals surface area contributed by atoms with Crippen molar-refractivity contribution >= 4 is 5.91 Å². The number of furan rings is 1. The first kappa shape index (κ1) is 13.8. The Morgan fingerprint density at radius 3 is 2.87 bits per heavy atom. The van der Waals surface area contributed by atoms with Gasteiger partial charge in [0.15, 0.2) is 5.76 Å². The molecule has 1 aliphatic rings. The summed E-state index contributed by atoms with van der Waals surface area (Å²) in [6.07, 6.45) is 5.42. The predicted octanol–water partition coefficient (Wildman–Crippen LogP) is 2.80. The van der Waals surface area contributed by atoms with Crippen LogP contribution in [0.4, 0.5) is 0 Å². The van der Waals surface area contributed by atoms with Crippen LogP contribution in [0.2, 0.25) is 0 Å². The van der Waals surface area contributed by atoms with Crippen molar-refractivity contribution in [2.24, 2.45) is 7.05 Å². The normalized spacial score (nSPS) is 17.1. The average Bonchev–Trinajstić information content (AvgIpc) is 3.24. The van der Waals surface area contributed by atoms with Crippen LogP contribution in [-0.2, 0) is 13.6 Å². The van der Waals surface area contributed by atoms with Gasteiger partial charge in [-0.2, -0.15) is 5.10 Å².